The van der Waals surface area contributed by atoms with Crippen molar-refractivity contribution < 1.29 is 0 Å². The summed E-state index contributed by atoms with van der Waals surface area (Å²) in [5.74, 6) is 0. The number of rotatable bonds is 0. The number of nitrogens with zero attached hydrogens (tertiary/aromatic N) is 1. The van der Waals surface area contributed by atoms with E-state index in [4.69, 9.17) is 0 Å². The Balaban J connectivity index is 2.69. The first-order valence-corrected chi connectivity index (χ1v) is 2.67. The second kappa shape index (κ2) is 1.70. The highest BCUT2D eigenvalue weighted by Gasteiger charge is 1.96. The zero-order valence-electron chi connectivity index (χ0n) is 4.18. The Hall–Kier alpha value is -0.240. The Labute approximate surface area is 48.6 Å². The van der Waals surface area contributed by atoms with Gasteiger partial charge in [0.15, 0.2) is 0 Å². The van der Waals surface area contributed by atoms with Crippen molar-refractivity contribution in [3.8, 4) is 0 Å². The summed E-state index contributed by atoms with van der Waals surface area (Å²) in [4.78, 5) is 4.03. The van der Waals surface area contributed by atoms with Crippen LogP contribution in [0.5, 0.6) is 0 Å². The summed E-state index contributed by atoms with van der Waals surface area (Å²) in [6.07, 6.45) is 2.98. The normalized spacial score (nSPS) is 19.1. The molecule has 7 heavy (non-hydrogen) atoms. The molecule has 2 heteroatoms. The van der Waals surface area contributed by atoms with Gasteiger partial charge in [0.25, 0.3) is 0 Å². The van der Waals surface area contributed by atoms with Gasteiger partial charge < -0.3 is 0 Å². The van der Waals surface area contributed by atoms with Crippen molar-refractivity contribution in [1.29, 1.82) is 0 Å². The van der Waals surface area contributed by atoms with Gasteiger partial charge in [-0.3, -0.25) is 4.99 Å². The van der Waals surface area contributed by atoms with Gasteiger partial charge in [0.2, 0.25) is 0 Å². The highest BCUT2D eigenvalue weighted by atomic mass is 32.1. The Bertz CT molecular complexity index is 135. The summed E-state index contributed by atoms with van der Waals surface area (Å²) < 4.78 is 0. The average molecular weight is 113 g/mol. The molecule has 1 aliphatic heterocycles. The standard InChI is InChI=1S/C5H7NS/c1-4-2-3-5(7)6-4/h2H,3H2,1H3,(H,6,7). The highest BCUT2D eigenvalue weighted by Crippen LogP contribution is 2.09. The minimum absolute atomic E-state index is 0.926. The lowest BCUT2D eigenvalue weighted by Crippen LogP contribution is -1.73. The van der Waals surface area contributed by atoms with Gasteiger partial charge in [0.05, 0.1) is 5.04 Å². The van der Waals surface area contributed by atoms with E-state index in [2.05, 4.69) is 23.7 Å². The minimum atomic E-state index is 0.926. The summed E-state index contributed by atoms with van der Waals surface area (Å²) in [5, 5.41) is 0.928. The molecule has 0 atom stereocenters. The molecule has 0 bridgehead atoms. The average Bonchev–Trinajstić information content (AvgIpc) is 1.87. The van der Waals surface area contributed by atoms with Crippen molar-refractivity contribution in [2.45, 2.75) is 13.3 Å². The molecule has 0 aliphatic carbocycles. The van der Waals surface area contributed by atoms with Crippen LogP contribution < -0.4 is 0 Å². The van der Waals surface area contributed by atoms with E-state index >= 15 is 0 Å². The molecule has 0 aromatic carbocycles. The first kappa shape index (κ1) is 4.91. The maximum atomic E-state index is 4.05. The van der Waals surface area contributed by atoms with E-state index in [1.54, 1.807) is 0 Å². The molecule has 0 unspecified atom stereocenters. The van der Waals surface area contributed by atoms with Crippen molar-refractivity contribution in [3.63, 3.8) is 0 Å². The molecular weight excluding hydrogens is 106 g/mol. The van der Waals surface area contributed by atoms with Gasteiger partial charge in [-0.1, -0.05) is 6.08 Å². The first-order chi connectivity index (χ1) is 3.29. The SMILES string of the molecule is CC1=CCC(S)=N1. The molecule has 1 rings (SSSR count). The van der Waals surface area contributed by atoms with Crippen LogP contribution >= 0.6 is 12.6 Å². The van der Waals surface area contributed by atoms with Crippen LogP contribution in [-0.2, 0) is 0 Å². The van der Waals surface area contributed by atoms with Crippen LogP contribution in [0.1, 0.15) is 13.3 Å². The van der Waals surface area contributed by atoms with Crippen molar-refractivity contribution in [3.05, 3.63) is 11.8 Å². The van der Waals surface area contributed by atoms with Crippen LogP contribution in [0.2, 0.25) is 0 Å². The Kier molecular flexibility index (Phi) is 1.19. The lowest BCUT2D eigenvalue weighted by molar-refractivity contribution is 1.34. The maximum Gasteiger partial charge on any atom is 0.0742 e. The Morgan fingerprint density at radius 1 is 1.86 bits per heavy atom. The second-order valence-corrected chi connectivity index (χ2v) is 2.09. The molecule has 0 spiro atoms. The molecule has 0 radical (unpaired) electrons. The third-order valence-corrected chi connectivity index (χ3v) is 1.17. The molecule has 1 heterocycles. The predicted molar refractivity (Wildman–Crippen MR) is 34.8 cm³/mol. The minimum Gasteiger partial charge on any atom is -0.252 e. The third kappa shape index (κ3) is 1.06. The fraction of sp³-hybridized carbons (Fsp3) is 0.400. The lowest BCUT2D eigenvalue weighted by atomic mass is 10.4. The van der Waals surface area contributed by atoms with E-state index in [9.17, 15) is 0 Å². The largest absolute Gasteiger partial charge is 0.252 e. The molecule has 0 saturated heterocycles. The molecule has 0 N–H and O–H groups in total. The van der Waals surface area contributed by atoms with Crippen LogP contribution in [0.15, 0.2) is 16.8 Å². The number of allylic oxidation sites excluding steroid dienone is 2. The van der Waals surface area contributed by atoms with Crippen LogP contribution in [0, 0.1) is 0 Å². The zero-order valence-corrected chi connectivity index (χ0v) is 5.07. The topological polar surface area (TPSA) is 12.4 Å². The molecule has 0 amide bonds. The van der Waals surface area contributed by atoms with Gasteiger partial charge in [0, 0.05) is 12.1 Å². The summed E-state index contributed by atoms with van der Waals surface area (Å²) in [6, 6.07) is 0. The molecule has 1 nitrogen and oxygen atoms in total. The summed E-state index contributed by atoms with van der Waals surface area (Å²) in [5.41, 5.74) is 1.09. The maximum absolute atomic E-state index is 4.05. The smallest absolute Gasteiger partial charge is 0.0742 e. The second-order valence-electron chi connectivity index (χ2n) is 1.58. The van der Waals surface area contributed by atoms with E-state index in [-0.39, 0.29) is 0 Å². The van der Waals surface area contributed by atoms with Gasteiger partial charge in [-0.05, 0) is 6.92 Å². The highest BCUT2D eigenvalue weighted by molar-refractivity contribution is 7.97. The van der Waals surface area contributed by atoms with Crippen LogP contribution in [0.25, 0.3) is 0 Å². The Morgan fingerprint density at radius 2 is 2.57 bits per heavy atom. The zero-order chi connectivity index (χ0) is 5.28. The molecule has 0 aromatic heterocycles. The Morgan fingerprint density at radius 3 is 2.71 bits per heavy atom. The van der Waals surface area contributed by atoms with Crippen molar-refractivity contribution in [2.24, 2.45) is 4.99 Å². The fourth-order valence-corrected chi connectivity index (χ4v) is 0.783. The van der Waals surface area contributed by atoms with Crippen LogP contribution in [-0.4, -0.2) is 5.04 Å². The van der Waals surface area contributed by atoms with E-state index in [0.29, 0.717) is 0 Å². The predicted octanol–water partition coefficient (Wildman–Crippen LogP) is 1.62. The summed E-state index contributed by atoms with van der Waals surface area (Å²) in [6.45, 7) is 1.98. The van der Waals surface area contributed by atoms with Gasteiger partial charge in [-0.2, -0.15) is 0 Å². The first-order valence-electron chi connectivity index (χ1n) is 2.22. The van der Waals surface area contributed by atoms with Crippen LogP contribution in [0.4, 0.5) is 0 Å². The summed E-state index contributed by atoms with van der Waals surface area (Å²) >= 11 is 4.05. The molecule has 0 aromatic rings. The number of hydrogen-bond acceptors (Lipinski definition) is 1. The van der Waals surface area contributed by atoms with E-state index in [1.807, 2.05) is 6.92 Å². The number of thiol groups is 1. The fourth-order valence-electron chi connectivity index (χ4n) is 0.534. The van der Waals surface area contributed by atoms with Gasteiger partial charge in [-0.15, -0.1) is 12.6 Å². The monoisotopic (exact) mass is 113 g/mol. The number of aliphatic imine (C=N–C) groups is 1. The molecule has 0 saturated carbocycles. The van der Waals surface area contributed by atoms with E-state index in [1.165, 1.54) is 0 Å². The van der Waals surface area contributed by atoms with Gasteiger partial charge in [-0.25, -0.2) is 0 Å². The van der Waals surface area contributed by atoms with E-state index in [0.717, 1.165) is 17.2 Å². The van der Waals surface area contributed by atoms with Crippen LogP contribution in [0.3, 0.4) is 0 Å². The molecule has 1 aliphatic rings. The van der Waals surface area contributed by atoms with Crippen molar-refractivity contribution in [1.82, 2.24) is 0 Å². The summed E-state index contributed by atoms with van der Waals surface area (Å²) in [7, 11) is 0. The molecule has 0 fully saturated rings. The van der Waals surface area contributed by atoms with Gasteiger partial charge >= 0.3 is 0 Å². The quantitative estimate of drug-likeness (QED) is 0.458. The van der Waals surface area contributed by atoms with Crippen molar-refractivity contribution in [2.75, 3.05) is 0 Å². The van der Waals surface area contributed by atoms with E-state index < -0.39 is 0 Å². The van der Waals surface area contributed by atoms with Crippen molar-refractivity contribution >= 4 is 17.7 Å². The third-order valence-electron chi connectivity index (χ3n) is 0.885. The molecule has 38 valence electrons. The lowest BCUT2D eigenvalue weighted by Gasteiger charge is -1.78. The van der Waals surface area contributed by atoms with Gasteiger partial charge in [0.1, 0.15) is 0 Å². The molecular formula is C5H7NS. The number of hydrogen-bond donors (Lipinski definition) is 1.